The SMILES string of the molecule is CCCCCCOC(Cc1ccc(OCc2ccccc2)cc1)C(=O)OC.COC(=O)C(O)Cc1ccc(OCc2ccccc2)cc1. The van der Waals surface area contributed by atoms with E-state index in [0.717, 1.165) is 46.6 Å². The van der Waals surface area contributed by atoms with Gasteiger partial charge in [0.15, 0.2) is 12.2 Å². The van der Waals surface area contributed by atoms with Gasteiger partial charge in [0.05, 0.1) is 14.2 Å². The monoisotopic (exact) mass is 656 g/mol. The van der Waals surface area contributed by atoms with Crippen LogP contribution in [0.3, 0.4) is 0 Å². The average Bonchev–Trinajstić information content (AvgIpc) is 3.14. The topological polar surface area (TPSA) is 101 Å². The fraction of sp³-hybridized carbons (Fsp3) is 0.350. The van der Waals surface area contributed by atoms with Gasteiger partial charge in [-0.3, -0.25) is 0 Å². The minimum atomic E-state index is -1.13. The van der Waals surface area contributed by atoms with Crippen LogP contribution >= 0.6 is 0 Å². The van der Waals surface area contributed by atoms with Crippen LogP contribution in [0.5, 0.6) is 11.5 Å². The predicted octanol–water partition coefficient (Wildman–Crippen LogP) is 7.29. The first-order chi connectivity index (χ1) is 23.4. The fourth-order valence-corrected chi connectivity index (χ4v) is 4.68. The molecule has 4 aromatic carbocycles. The van der Waals surface area contributed by atoms with Crippen LogP contribution in [0.2, 0.25) is 0 Å². The van der Waals surface area contributed by atoms with Crippen molar-refractivity contribution in [3.05, 3.63) is 131 Å². The standard InChI is InChI=1S/C23H30O4.C17H18O4/c1-3-4-5-9-16-26-22(23(24)25-2)17-19-12-14-21(15-13-19)27-18-20-10-7-6-8-11-20;1-20-17(19)16(18)11-13-7-9-15(10-8-13)21-12-14-5-3-2-4-6-14/h6-8,10-15,22H,3-5,9,16-18H2,1-2H3;2-10,16,18H,11-12H2,1H3. The average molecular weight is 657 g/mol. The van der Waals surface area contributed by atoms with Crippen LogP contribution in [0.1, 0.15) is 54.9 Å². The van der Waals surface area contributed by atoms with Crippen molar-refractivity contribution in [2.45, 2.75) is 70.9 Å². The number of carbonyl (C=O) groups excluding carboxylic acids is 2. The summed E-state index contributed by atoms with van der Waals surface area (Å²) >= 11 is 0. The highest BCUT2D eigenvalue weighted by atomic mass is 16.6. The third kappa shape index (κ3) is 14.4. The number of hydrogen-bond donors (Lipinski definition) is 1. The van der Waals surface area contributed by atoms with E-state index in [4.69, 9.17) is 18.9 Å². The Balaban J connectivity index is 0.000000269. The van der Waals surface area contributed by atoms with E-state index in [1.807, 2.05) is 109 Å². The Morgan fingerprint density at radius 2 is 1.06 bits per heavy atom. The van der Waals surface area contributed by atoms with Crippen molar-refractivity contribution in [2.75, 3.05) is 20.8 Å². The molecule has 2 atom stereocenters. The van der Waals surface area contributed by atoms with E-state index in [0.29, 0.717) is 26.2 Å². The van der Waals surface area contributed by atoms with Crippen LogP contribution in [0, 0.1) is 0 Å². The molecule has 0 radical (unpaired) electrons. The van der Waals surface area contributed by atoms with Gasteiger partial charge in [-0.25, -0.2) is 9.59 Å². The van der Waals surface area contributed by atoms with E-state index in [-0.39, 0.29) is 12.4 Å². The molecule has 48 heavy (non-hydrogen) atoms. The minimum Gasteiger partial charge on any atom is -0.489 e. The van der Waals surface area contributed by atoms with Gasteiger partial charge >= 0.3 is 11.9 Å². The Morgan fingerprint density at radius 3 is 1.52 bits per heavy atom. The maximum absolute atomic E-state index is 12.0. The number of esters is 2. The largest absolute Gasteiger partial charge is 0.489 e. The molecule has 0 aliphatic heterocycles. The van der Waals surface area contributed by atoms with E-state index in [1.54, 1.807) is 0 Å². The lowest BCUT2D eigenvalue weighted by atomic mass is 10.1. The van der Waals surface area contributed by atoms with Crippen LogP contribution in [0.4, 0.5) is 0 Å². The molecule has 0 amide bonds. The van der Waals surface area contributed by atoms with Crippen LogP contribution in [0.25, 0.3) is 0 Å². The lowest BCUT2D eigenvalue weighted by molar-refractivity contribution is -0.154. The van der Waals surface area contributed by atoms with Gasteiger partial charge in [0.1, 0.15) is 24.7 Å². The molecule has 0 heterocycles. The number of aliphatic hydroxyl groups excluding tert-OH is 1. The molecule has 1 N–H and O–H groups in total. The molecular weight excluding hydrogens is 608 g/mol. The molecule has 4 rings (SSSR count). The van der Waals surface area contributed by atoms with E-state index in [2.05, 4.69) is 11.7 Å². The number of ether oxygens (including phenoxy) is 5. The molecule has 256 valence electrons. The first kappa shape index (κ1) is 37.8. The summed E-state index contributed by atoms with van der Waals surface area (Å²) in [6.45, 7) is 3.79. The normalized spacial score (nSPS) is 11.8. The molecule has 0 bridgehead atoms. The Labute approximate surface area is 284 Å². The van der Waals surface area contributed by atoms with Gasteiger partial charge in [0, 0.05) is 19.4 Å². The van der Waals surface area contributed by atoms with Crippen molar-refractivity contribution in [1.29, 1.82) is 0 Å². The maximum Gasteiger partial charge on any atom is 0.335 e. The second kappa shape index (κ2) is 22.0. The van der Waals surface area contributed by atoms with E-state index in [9.17, 15) is 14.7 Å². The lowest BCUT2D eigenvalue weighted by Crippen LogP contribution is -2.28. The van der Waals surface area contributed by atoms with Crippen molar-refractivity contribution in [3.8, 4) is 11.5 Å². The van der Waals surface area contributed by atoms with Crippen LogP contribution in [-0.4, -0.2) is 50.1 Å². The summed E-state index contributed by atoms with van der Waals surface area (Å²) < 4.78 is 26.6. The lowest BCUT2D eigenvalue weighted by Gasteiger charge is -2.16. The van der Waals surface area contributed by atoms with E-state index in [1.165, 1.54) is 27.1 Å². The summed E-state index contributed by atoms with van der Waals surface area (Å²) in [5.41, 5.74) is 4.09. The first-order valence-electron chi connectivity index (χ1n) is 16.4. The molecule has 8 heteroatoms. The Morgan fingerprint density at radius 1 is 0.583 bits per heavy atom. The van der Waals surface area contributed by atoms with E-state index < -0.39 is 18.2 Å². The fourth-order valence-electron chi connectivity index (χ4n) is 4.68. The van der Waals surface area contributed by atoms with Crippen molar-refractivity contribution < 1.29 is 38.4 Å². The van der Waals surface area contributed by atoms with Crippen LogP contribution in [-0.2, 0) is 49.9 Å². The summed E-state index contributed by atoms with van der Waals surface area (Å²) in [5.74, 6) is 0.599. The Kier molecular flexibility index (Phi) is 17.3. The second-order valence-corrected chi connectivity index (χ2v) is 11.2. The zero-order valence-electron chi connectivity index (χ0n) is 28.2. The summed E-state index contributed by atoms with van der Waals surface area (Å²) in [5, 5.41) is 9.59. The molecular formula is C40H48O8. The smallest absolute Gasteiger partial charge is 0.335 e. The van der Waals surface area contributed by atoms with Gasteiger partial charge in [0.25, 0.3) is 0 Å². The van der Waals surface area contributed by atoms with Gasteiger partial charge in [-0.15, -0.1) is 0 Å². The number of benzene rings is 4. The number of aliphatic hydroxyl groups is 1. The summed E-state index contributed by atoms with van der Waals surface area (Å²) in [7, 11) is 2.66. The highest BCUT2D eigenvalue weighted by Gasteiger charge is 2.20. The van der Waals surface area contributed by atoms with Crippen molar-refractivity contribution in [2.24, 2.45) is 0 Å². The summed E-state index contributed by atoms with van der Waals surface area (Å²) in [4.78, 5) is 23.1. The predicted molar refractivity (Wildman–Crippen MR) is 186 cm³/mol. The quantitative estimate of drug-likeness (QED) is 0.0881. The van der Waals surface area contributed by atoms with Gasteiger partial charge < -0.3 is 28.8 Å². The summed E-state index contributed by atoms with van der Waals surface area (Å²) in [6.07, 6.45) is 3.49. The van der Waals surface area contributed by atoms with Crippen molar-refractivity contribution in [1.82, 2.24) is 0 Å². The molecule has 0 aliphatic carbocycles. The molecule has 0 aliphatic rings. The Bertz CT molecular complexity index is 1440. The van der Waals surface area contributed by atoms with Gasteiger partial charge in [-0.1, -0.05) is 111 Å². The van der Waals surface area contributed by atoms with Crippen molar-refractivity contribution >= 4 is 11.9 Å². The molecule has 4 aromatic rings. The number of rotatable bonds is 18. The van der Waals surface area contributed by atoms with Gasteiger partial charge in [-0.2, -0.15) is 0 Å². The van der Waals surface area contributed by atoms with Crippen LogP contribution in [0.15, 0.2) is 109 Å². The molecule has 0 spiro atoms. The number of carbonyl (C=O) groups is 2. The third-order valence-electron chi connectivity index (χ3n) is 7.45. The zero-order chi connectivity index (χ0) is 34.4. The molecule has 0 aromatic heterocycles. The second-order valence-electron chi connectivity index (χ2n) is 11.2. The molecule has 8 nitrogen and oxygen atoms in total. The number of methoxy groups -OCH3 is 2. The summed E-state index contributed by atoms with van der Waals surface area (Å²) in [6, 6.07) is 35.0. The van der Waals surface area contributed by atoms with E-state index >= 15 is 0 Å². The number of hydrogen-bond acceptors (Lipinski definition) is 8. The third-order valence-corrected chi connectivity index (χ3v) is 7.45. The highest BCUT2D eigenvalue weighted by molar-refractivity contribution is 5.75. The maximum atomic E-state index is 12.0. The van der Waals surface area contributed by atoms with Crippen LogP contribution < -0.4 is 9.47 Å². The highest BCUT2D eigenvalue weighted by Crippen LogP contribution is 2.18. The minimum absolute atomic E-state index is 0.228. The zero-order valence-corrected chi connectivity index (χ0v) is 28.2. The molecule has 0 saturated heterocycles. The molecule has 0 fully saturated rings. The van der Waals surface area contributed by atoms with Gasteiger partial charge in [-0.05, 0) is 52.9 Å². The number of unbranched alkanes of at least 4 members (excludes halogenated alkanes) is 3. The van der Waals surface area contributed by atoms with Crippen molar-refractivity contribution in [3.63, 3.8) is 0 Å². The Hall–Kier alpha value is -4.66. The van der Waals surface area contributed by atoms with Gasteiger partial charge in [0.2, 0.25) is 0 Å². The first-order valence-corrected chi connectivity index (χ1v) is 16.4. The molecule has 0 saturated carbocycles. The molecule has 2 unspecified atom stereocenters.